The molecule has 2 N–H and O–H groups in total. The molecule has 2 heterocycles. The fraction of sp³-hybridized carbons (Fsp3) is 0.222. The second-order valence-corrected chi connectivity index (χ2v) is 5.08. The number of nitrogens with two attached hydrogens (primary N) is 1. The largest absolute Gasteiger partial charge is 0.492 e. The van der Waals surface area contributed by atoms with Crippen LogP contribution in [0.5, 0.6) is 5.75 Å². The molecule has 1 aliphatic heterocycles. The number of ether oxygens (including phenoxy) is 1. The topological polar surface area (TPSA) is 48.1 Å². The number of halogens is 1. The van der Waals surface area contributed by atoms with Gasteiger partial charge in [0.25, 0.3) is 0 Å². The number of hydrogen-bond acceptors (Lipinski definition) is 4. The van der Waals surface area contributed by atoms with Crippen molar-refractivity contribution in [2.75, 3.05) is 12.3 Å². The zero-order valence-electron chi connectivity index (χ0n) is 7.21. The van der Waals surface area contributed by atoms with Crippen molar-refractivity contribution in [1.82, 2.24) is 4.98 Å². The SMILES string of the molecule is Nc1nc2c3c(c(Br)cc2s1)OCC3. The molecule has 0 amide bonds. The fourth-order valence-corrected chi connectivity index (χ4v) is 3.28. The summed E-state index contributed by atoms with van der Waals surface area (Å²) in [5.41, 5.74) is 7.87. The number of benzene rings is 1. The van der Waals surface area contributed by atoms with Crippen LogP contribution in [0.4, 0.5) is 5.13 Å². The fourth-order valence-electron chi connectivity index (χ4n) is 1.74. The number of thiazole rings is 1. The molecule has 5 heteroatoms. The lowest BCUT2D eigenvalue weighted by Gasteiger charge is -2.01. The van der Waals surface area contributed by atoms with Crippen LogP contribution in [0.2, 0.25) is 0 Å². The standard InChI is InChI=1S/C9H7BrN2OS/c10-5-3-6-7(12-9(11)14-6)4-1-2-13-8(4)5/h3H,1-2H2,(H2,11,12). The van der Waals surface area contributed by atoms with Crippen molar-refractivity contribution in [2.45, 2.75) is 6.42 Å². The molecule has 0 spiro atoms. The molecule has 0 atom stereocenters. The van der Waals surface area contributed by atoms with E-state index in [2.05, 4.69) is 20.9 Å². The lowest BCUT2D eigenvalue weighted by Crippen LogP contribution is -1.86. The van der Waals surface area contributed by atoms with Crippen LogP contribution >= 0.6 is 27.3 Å². The summed E-state index contributed by atoms with van der Waals surface area (Å²) in [6.45, 7) is 0.741. The number of fused-ring (bicyclic) bond motifs is 3. The second kappa shape index (κ2) is 2.84. The van der Waals surface area contributed by atoms with Crippen molar-refractivity contribution in [1.29, 1.82) is 0 Å². The van der Waals surface area contributed by atoms with E-state index in [1.165, 1.54) is 16.9 Å². The minimum absolute atomic E-state index is 0.618. The van der Waals surface area contributed by atoms with E-state index in [0.717, 1.165) is 33.5 Å². The Morgan fingerprint density at radius 3 is 3.29 bits per heavy atom. The van der Waals surface area contributed by atoms with Crippen LogP contribution in [-0.4, -0.2) is 11.6 Å². The maximum Gasteiger partial charge on any atom is 0.181 e. The first-order chi connectivity index (χ1) is 6.75. The summed E-state index contributed by atoms with van der Waals surface area (Å²) < 4.78 is 7.65. The molecule has 1 aromatic heterocycles. The normalized spacial score (nSPS) is 14.4. The number of hydrogen-bond donors (Lipinski definition) is 1. The van der Waals surface area contributed by atoms with E-state index in [1.54, 1.807) is 0 Å². The Balaban J connectivity index is 2.45. The lowest BCUT2D eigenvalue weighted by atomic mass is 10.1. The first kappa shape index (κ1) is 8.49. The molecule has 0 bridgehead atoms. The lowest BCUT2D eigenvalue weighted by molar-refractivity contribution is 0.355. The van der Waals surface area contributed by atoms with Gasteiger partial charge in [-0.05, 0) is 22.0 Å². The van der Waals surface area contributed by atoms with E-state index in [1.807, 2.05) is 6.07 Å². The predicted molar refractivity (Wildman–Crippen MR) is 60.9 cm³/mol. The van der Waals surface area contributed by atoms with Crippen LogP contribution in [0.15, 0.2) is 10.5 Å². The van der Waals surface area contributed by atoms with Gasteiger partial charge in [0.15, 0.2) is 5.13 Å². The molecule has 14 heavy (non-hydrogen) atoms. The van der Waals surface area contributed by atoms with E-state index in [-0.39, 0.29) is 0 Å². The third-order valence-electron chi connectivity index (χ3n) is 2.30. The number of nitrogen functional groups attached to an aromatic ring is 1. The molecule has 0 radical (unpaired) electrons. The first-order valence-corrected chi connectivity index (χ1v) is 5.87. The van der Waals surface area contributed by atoms with Gasteiger partial charge in [-0.2, -0.15) is 0 Å². The van der Waals surface area contributed by atoms with Crippen LogP contribution < -0.4 is 10.5 Å². The molecular weight excluding hydrogens is 264 g/mol. The first-order valence-electron chi connectivity index (χ1n) is 4.26. The Bertz CT molecular complexity index is 523. The molecule has 0 aliphatic carbocycles. The molecule has 0 fully saturated rings. The Morgan fingerprint density at radius 1 is 1.57 bits per heavy atom. The van der Waals surface area contributed by atoms with Gasteiger partial charge in [-0.15, -0.1) is 0 Å². The molecule has 3 nitrogen and oxygen atoms in total. The average Bonchev–Trinajstić information content (AvgIpc) is 2.69. The molecule has 3 rings (SSSR count). The van der Waals surface area contributed by atoms with Crippen molar-refractivity contribution in [3.8, 4) is 5.75 Å². The van der Waals surface area contributed by atoms with Crippen LogP contribution in [0.25, 0.3) is 10.2 Å². The molecular formula is C9H7BrN2OS. The summed E-state index contributed by atoms with van der Waals surface area (Å²) in [5.74, 6) is 0.933. The highest BCUT2D eigenvalue weighted by Gasteiger charge is 2.21. The maximum absolute atomic E-state index is 5.69. The Labute approximate surface area is 93.0 Å². The minimum atomic E-state index is 0.618. The van der Waals surface area contributed by atoms with Crippen molar-refractivity contribution in [3.63, 3.8) is 0 Å². The van der Waals surface area contributed by atoms with Gasteiger partial charge in [-0.25, -0.2) is 4.98 Å². The molecule has 1 aliphatic rings. The summed E-state index contributed by atoms with van der Waals surface area (Å²) in [6.07, 6.45) is 0.925. The van der Waals surface area contributed by atoms with E-state index in [0.29, 0.717) is 5.13 Å². The molecule has 72 valence electrons. The van der Waals surface area contributed by atoms with Crippen LogP contribution in [-0.2, 0) is 6.42 Å². The van der Waals surface area contributed by atoms with E-state index in [4.69, 9.17) is 10.5 Å². The van der Waals surface area contributed by atoms with Crippen LogP contribution in [0.3, 0.4) is 0 Å². The Hall–Kier alpha value is -0.810. The highest BCUT2D eigenvalue weighted by Crippen LogP contribution is 2.41. The zero-order chi connectivity index (χ0) is 9.71. The van der Waals surface area contributed by atoms with Gasteiger partial charge < -0.3 is 10.5 Å². The highest BCUT2D eigenvalue weighted by molar-refractivity contribution is 9.10. The Morgan fingerprint density at radius 2 is 2.43 bits per heavy atom. The van der Waals surface area contributed by atoms with Gasteiger partial charge in [0, 0.05) is 12.0 Å². The summed E-state index contributed by atoms with van der Waals surface area (Å²) in [7, 11) is 0. The molecule has 0 saturated carbocycles. The van der Waals surface area contributed by atoms with Gasteiger partial charge in [0.2, 0.25) is 0 Å². The van der Waals surface area contributed by atoms with Gasteiger partial charge in [-0.1, -0.05) is 11.3 Å². The zero-order valence-corrected chi connectivity index (χ0v) is 9.61. The van der Waals surface area contributed by atoms with E-state index in [9.17, 15) is 0 Å². The van der Waals surface area contributed by atoms with Gasteiger partial charge >= 0.3 is 0 Å². The van der Waals surface area contributed by atoms with Gasteiger partial charge in [0.05, 0.1) is 21.3 Å². The van der Waals surface area contributed by atoms with E-state index >= 15 is 0 Å². The van der Waals surface area contributed by atoms with Gasteiger partial charge in [-0.3, -0.25) is 0 Å². The number of aromatic nitrogens is 1. The maximum atomic E-state index is 5.69. The quantitative estimate of drug-likeness (QED) is 0.801. The summed E-state index contributed by atoms with van der Waals surface area (Å²) in [5, 5.41) is 0.618. The summed E-state index contributed by atoms with van der Waals surface area (Å²) >= 11 is 5.00. The molecule has 2 aromatic rings. The third kappa shape index (κ3) is 1.05. The average molecular weight is 271 g/mol. The van der Waals surface area contributed by atoms with Gasteiger partial charge in [0.1, 0.15) is 5.75 Å². The third-order valence-corrected chi connectivity index (χ3v) is 3.72. The highest BCUT2D eigenvalue weighted by atomic mass is 79.9. The second-order valence-electron chi connectivity index (χ2n) is 3.16. The number of nitrogens with zero attached hydrogens (tertiary/aromatic N) is 1. The number of rotatable bonds is 0. The summed E-state index contributed by atoms with van der Waals surface area (Å²) in [4.78, 5) is 4.32. The smallest absolute Gasteiger partial charge is 0.181 e. The monoisotopic (exact) mass is 270 g/mol. The van der Waals surface area contributed by atoms with Crippen molar-refractivity contribution >= 4 is 42.6 Å². The predicted octanol–water partition coefficient (Wildman–Crippen LogP) is 2.58. The van der Waals surface area contributed by atoms with Crippen molar-refractivity contribution in [3.05, 3.63) is 16.1 Å². The Kier molecular flexibility index (Phi) is 1.72. The van der Waals surface area contributed by atoms with Crippen LogP contribution in [0, 0.1) is 0 Å². The molecule has 0 saturated heterocycles. The minimum Gasteiger partial charge on any atom is -0.492 e. The summed E-state index contributed by atoms with van der Waals surface area (Å²) in [6, 6.07) is 2.02. The molecule has 0 unspecified atom stereocenters. The number of anilines is 1. The van der Waals surface area contributed by atoms with Crippen molar-refractivity contribution < 1.29 is 4.74 Å². The molecule has 1 aromatic carbocycles. The van der Waals surface area contributed by atoms with E-state index < -0.39 is 0 Å². The van der Waals surface area contributed by atoms with Crippen molar-refractivity contribution in [2.24, 2.45) is 0 Å². The van der Waals surface area contributed by atoms with Crippen LogP contribution in [0.1, 0.15) is 5.56 Å².